The molecule has 1 fully saturated rings. The van der Waals surface area contributed by atoms with E-state index in [1.807, 2.05) is 48.7 Å². The van der Waals surface area contributed by atoms with Gasteiger partial charge in [0, 0.05) is 56.5 Å². The summed E-state index contributed by atoms with van der Waals surface area (Å²) in [6, 6.07) is 3.78. The van der Waals surface area contributed by atoms with Crippen molar-refractivity contribution >= 4 is 23.2 Å². The standard InChI is InChI=1S/C20H28N4O2S/c1-14(2)18(25)21-9-8-16-13-27-19(22-16)15-6-4-11-24(12-15)20(26)17-7-5-10-23(17)3/h5,7,10,13-15H,4,6,8-9,11-12H2,1-3H3,(H,21,25)/t15-/m1/s1. The van der Waals surface area contributed by atoms with Crippen molar-refractivity contribution in [1.82, 2.24) is 19.8 Å². The van der Waals surface area contributed by atoms with E-state index in [4.69, 9.17) is 4.98 Å². The molecule has 2 amide bonds. The molecule has 3 heterocycles. The first kappa shape index (κ1) is 19.6. The Hall–Kier alpha value is -2.15. The molecular weight excluding hydrogens is 360 g/mol. The van der Waals surface area contributed by atoms with Crippen molar-refractivity contribution in [3.63, 3.8) is 0 Å². The van der Waals surface area contributed by atoms with Crippen LogP contribution in [0.3, 0.4) is 0 Å². The number of piperidine rings is 1. The normalized spacial score (nSPS) is 17.3. The van der Waals surface area contributed by atoms with Crippen molar-refractivity contribution in [2.24, 2.45) is 13.0 Å². The molecule has 1 aliphatic heterocycles. The van der Waals surface area contributed by atoms with Gasteiger partial charge in [0.1, 0.15) is 5.69 Å². The maximum absolute atomic E-state index is 12.8. The van der Waals surface area contributed by atoms with Crippen LogP contribution in [0.15, 0.2) is 23.7 Å². The Balaban J connectivity index is 1.57. The fourth-order valence-electron chi connectivity index (χ4n) is 3.35. The highest BCUT2D eigenvalue weighted by Crippen LogP contribution is 2.30. The number of amides is 2. The molecule has 0 bridgehead atoms. The molecule has 0 radical (unpaired) electrons. The van der Waals surface area contributed by atoms with Crippen LogP contribution in [0, 0.1) is 5.92 Å². The maximum Gasteiger partial charge on any atom is 0.270 e. The monoisotopic (exact) mass is 388 g/mol. The van der Waals surface area contributed by atoms with Crippen molar-refractivity contribution in [3.8, 4) is 0 Å². The van der Waals surface area contributed by atoms with Gasteiger partial charge in [-0.2, -0.15) is 0 Å². The van der Waals surface area contributed by atoms with Crippen LogP contribution in [-0.4, -0.2) is 45.9 Å². The maximum atomic E-state index is 12.8. The number of hydrogen-bond donors (Lipinski definition) is 1. The highest BCUT2D eigenvalue weighted by molar-refractivity contribution is 7.09. The lowest BCUT2D eigenvalue weighted by molar-refractivity contribution is -0.123. The summed E-state index contributed by atoms with van der Waals surface area (Å²) in [4.78, 5) is 31.1. The number of nitrogens with zero attached hydrogens (tertiary/aromatic N) is 3. The average Bonchev–Trinajstić information content (AvgIpc) is 3.30. The summed E-state index contributed by atoms with van der Waals surface area (Å²) in [5.74, 6) is 0.478. The third-order valence-electron chi connectivity index (χ3n) is 4.99. The van der Waals surface area contributed by atoms with Gasteiger partial charge in [-0.05, 0) is 25.0 Å². The summed E-state index contributed by atoms with van der Waals surface area (Å²) in [5.41, 5.74) is 1.75. The quantitative estimate of drug-likeness (QED) is 0.827. The van der Waals surface area contributed by atoms with Gasteiger partial charge in [0.25, 0.3) is 5.91 Å². The van der Waals surface area contributed by atoms with Gasteiger partial charge in [-0.1, -0.05) is 13.8 Å². The number of rotatable bonds is 6. The lowest BCUT2D eigenvalue weighted by Crippen LogP contribution is -2.39. The van der Waals surface area contributed by atoms with Crippen LogP contribution in [0.5, 0.6) is 0 Å². The Labute approximate surface area is 164 Å². The van der Waals surface area contributed by atoms with Gasteiger partial charge in [-0.25, -0.2) is 4.98 Å². The molecule has 146 valence electrons. The number of aromatic nitrogens is 2. The minimum atomic E-state index is 0.00554. The molecule has 27 heavy (non-hydrogen) atoms. The van der Waals surface area contributed by atoms with E-state index in [1.54, 1.807) is 11.3 Å². The van der Waals surface area contributed by atoms with E-state index in [0.717, 1.165) is 48.7 Å². The van der Waals surface area contributed by atoms with Crippen LogP contribution in [0.4, 0.5) is 0 Å². The molecule has 0 spiro atoms. The molecule has 1 aliphatic rings. The fraction of sp³-hybridized carbons (Fsp3) is 0.550. The Morgan fingerprint density at radius 1 is 1.41 bits per heavy atom. The Bertz CT molecular complexity index is 796. The zero-order chi connectivity index (χ0) is 19.4. The number of aryl methyl sites for hydroxylation is 1. The topological polar surface area (TPSA) is 67.2 Å². The number of carbonyl (C=O) groups is 2. The highest BCUT2D eigenvalue weighted by atomic mass is 32.1. The molecule has 1 atom stereocenters. The lowest BCUT2D eigenvalue weighted by Gasteiger charge is -2.32. The number of thiazole rings is 1. The zero-order valence-corrected chi connectivity index (χ0v) is 17.1. The van der Waals surface area contributed by atoms with E-state index < -0.39 is 0 Å². The summed E-state index contributed by atoms with van der Waals surface area (Å²) in [7, 11) is 1.90. The van der Waals surface area contributed by atoms with Crippen molar-refractivity contribution in [2.45, 2.75) is 39.0 Å². The number of carbonyl (C=O) groups excluding carboxylic acids is 2. The third-order valence-corrected chi connectivity index (χ3v) is 6.05. The molecular formula is C20H28N4O2S. The number of nitrogens with one attached hydrogen (secondary N) is 1. The van der Waals surface area contributed by atoms with Crippen molar-refractivity contribution in [3.05, 3.63) is 40.1 Å². The minimum Gasteiger partial charge on any atom is -0.355 e. The Morgan fingerprint density at radius 2 is 2.22 bits per heavy atom. The highest BCUT2D eigenvalue weighted by Gasteiger charge is 2.28. The summed E-state index contributed by atoms with van der Waals surface area (Å²) in [6.07, 6.45) is 4.71. The van der Waals surface area contributed by atoms with Gasteiger partial charge in [0.05, 0.1) is 10.7 Å². The molecule has 0 unspecified atom stereocenters. The molecule has 0 aromatic carbocycles. The summed E-state index contributed by atoms with van der Waals surface area (Å²) in [6.45, 7) is 5.92. The average molecular weight is 389 g/mol. The van der Waals surface area contributed by atoms with Crippen molar-refractivity contribution in [1.29, 1.82) is 0 Å². The molecule has 2 aromatic heterocycles. The number of likely N-dealkylation sites (tertiary alicyclic amines) is 1. The smallest absolute Gasteiger partial charge is 0.270 e. The predicted octanol–water partition coefficient (Wildman–Crippen LogP) is 2.82. The molecule has 3 rings (SSSR count). The first-order chi connectivity index (χ1) is 13.0. The van der Waals surface area contributed by atoms with Crippen molar-refractivity contribution in [2.75, 3.05) is 19.6 Å². The Kier molecular flexibility index (Phi) is 6.31. The van der Waals surface area contributed by atoms with Gasteiger partial charge >= 0.3 is 0 Å². The van der Waals surface area contributed by atoms with Crippen LogP contribution in [0.2, 0.25) is 0 Å². The van der Waals surface area contributed by atoms with Crippen LogP contribution < -0.4 is 5.32 Å². The van der Waals surface area contributed by atoms with Gasteiger partial charge in [0.15, 0.2) is 0 Å². The third kappa shape index (κ3) is 4.77. The minimum absolute atomic E-state index is 0.00554. The SMILES string of the molecule is CC(C)C(=O)NCCc1csc([C@@H]2CCCN(C(=O)c3cccn3C)C2)n1. The van der Waals surface area contributed by atoms with Gasteiger partial charge in [-0.3, -0.25) is 9.59 Å². The van der Waals surface area contributed by atoms with Gasteiger partial charge in [-0.15, -0.1) is 11.3 Å². The first-order valence-corrected chi connectivity index (χ1v) is 10.5. The second-order valence-electron chi connectivity index (χ2n) is 7.47. The van der Waals surface area contributed by atoms with E-state index in [9.17, 15) is 9.59 Å². The molecule has 1 saturated heterocycles. The van der Waals surface area contributed by atoms with E-state index in [-0.39, 0.29) is 17.7 Å². The second kappa shape index (κ2) is 8.69. The molecule has 6 nitrogen and oxygen atoms in total. The second-order valence-corrected chi connectivity index (χ2v) is 8.36. The largest absolute Gasteiger partial charge is 0.355 e. The van der Waals surface area contributed by atoms with Crippen LogP contribution in [0.25, 0.3) is 0 Å². The first-order valence-electron chi connectivity index (χ1n) is 9.58. The van der Waals surface area contributed by atoms with E-state index in [2.05, 4.69) is 10.7 Å². The molecule has 0 aliphatic carbocycles. The summed E-state index contributed by atoms with van der Waals surface area (Å²) < 4.78 is 1.87. The molecule has 0 saturated carbocycles. The van der Waals surface area contributed by atoms with E-state index >= 15 is 0 Å². The van der Waals surface area contributed by atoms with Crippen LogP contribution in [0.1, 0.15) is 53.8 Å². The molecule has 2 aromatic rings. The fourth-order valence-corrected chi connectivity index (χ4v) is 4.33. The van der Waals surface area contributed by atoms with Gasteiger partial charge in [0.2, 0.25) is 5.91 Å². The van der Waals surface area contributed by atoms with Gasteiger partial charge < -0.3 is 14.8 Å². The molecule has 1 N–H and O–H groups in total. The van der Waals surface area contributed by atoms with E-state index in [1.165, 1.54) is 0 Å². The predicted molar refractivity (Wildman–Crippen MR) is 107 cm³/mol. The number of hydrogen-bond acceptors (Lipinski definition) is 4. The Morgan fingerprint density at radius 3 is 2.93 bits per heavy atom. The van der Waals surface area contributed by atoms with Crippen molar-refractivity contribution < 1.29 is 9.59 Å². The zero-order valence-electron chi connectivity index (χ0n) is 16.3. The lowest BCUT2D eigenvalue weighted by atomic mass is 9.98. The van der Waals surface area contributed by atoms with E-state index in [0.29, 0.717) is 12.5 Å². The van der Waals surface area contributed by atoms with Crippen LogP contribution >= 0.6 is 11.3 Å². The molecule has 7 heteroatoms. The van der Waals surface area contributed by atoms with Crippen LogP contribution in [-0.2, 0) is 18.3 Å². The summed E-state index contributed by atoms with van der Waals surface area (Å²) >= 11 is 1.67. The summed E-state index contributed by atoms with van der Waals surface area (Å²) in [5, 5.41) is 6.11.